The number of nitrogens with two attached hydrogens (primary N) is 2. The first-order valence-corrected chi connectivity index (χ1v) is 17.7. The van der Waals surface area contributed by atoms with Crippen LogP contribution in [0.4, 0.5) is 15.6 Å². The summed E-state index contributed by atoms with van der Waals surface area (Å²) in [6.07, 6.45) is 3.47. The third-order valence-corrected chi connectivity index (χ3v) is 10.7. The fourth-order valence-electron chi connectivity index (χ4n) is 7.25. The van der Waals surface area contributed by atoms with Crippen LogP contribution in [0.15, 0.2) is 11.2 Å². The quantitative estimate of drug-likeness (QED) is 0.183. The van der Waals surface area contributed by atoms with E-state index >= 15 is 0 Å². The van der Waals surface area contributed by atoms with Gasteiger partial charge in [-0.3, -0.25) is 9.80 Å². The second-order valence-corrected chi connectivity index (χ2v) is 15.8. The molecule has 14 nitrogen and oxygen atoms in total. The van der Waals surface area contributed by atoms with Crippen LogP contribution in [0, 0.1) is 11.3 Å². The Morgan fingerprint density at radius 1 is 1.20 bits per heavy atom. The average Bonchev–Trinajstić information content (AvgIpc) is 3.60. The Morgan fingerprint density at radius 2 is 1.90 bits per heavy atom. The third-order valence-electron chi connectivity index (χ3n) is 9.64. The fourth-order valence-corrected chi connectivity index (χ4v) is 8.45. The van der Waals surface area contributed by atoms with Crippen molar-refractivity contribution < 1.29 is 23.9 Å². The number of amidine groups is 1. The van der Waals surface area contributed by atoms with Crippen LogP contribution < -0.4 is 21.1 Å². The summed E-state index contributed by atoms with van der Waals surface area (Å²) in [5.41, 5.74) is 12.0. The van der Waals surface area contributed by atoms with E-state index in [-0.39, 0.29) is 47.9 Å². The molecular weight excluding hydrogens is 646 g/mol. The Labute approximate surface area is 292 Å². The molecule has 4 heterocycles. The summed E-state index contributed by atoms with van der Waals surface area (Å²) in [7, 11) is 2.08. The first-order valence-electron chi connectivity index (χ1n) is 16.9. The fraction of sp³-hybridized carbons (Fsp3) is 0.647. The number of likely N-dealkylation sites (N-methyl/N-ethyl adjacent to an activating group) is 1. The van der Waals surface area contributed by atoms with E-state index in [1.54, 1.807) is 17.9 Å². The number of nitriles is 1. The number of likely N-dealkylation sites (tertiary alicyclic amines) is 1. The summed E-state index contributed by atoms with van der Waals surface area (Å²) in [6.45, 7) is 15.2. The van der Waals surface area contributed by atoms with Gasteiger partial charge in [-0.1, -0.05) is 5.16 Å². The lowest BCUT2D eigenvalue weighted by Gasteiger charge is -2.44. The standard InChI is InChI=1S/C34H49N9O5S/c1-19-17-42(18-20(2)43(19)32(45)47-33(4,5)6)26-15-23(38-31(39-26)46-21(3)24-11-10-14-41(24)8)28(36)40-48-30(44)34(7)13-9-12-25-27(34)22(16-35)29(37)49-25/h15,19-21,24H,9-14,17-18,37H2,1-8H3,(H2,36,40)/t19-,20-,21-,24-,34-/m0/s1. The number of fused-ring (bicyclic) bond motifs is 1. The highest BCUT2D eigenvalue weighted by atomic mass is 32.1. The van der Waals surface area contributed by atoms with Crippen LogP contribution >= 0.6 is 11.3 Å². The number of oxime groups is 1. The highest BCUT2D eigenvalue weighted by molar-refractivity contribution is 7.16. The smallest absolute Gasteiger partial charge is 0.410 e. The number of aryl methyl sites for hydroxylation is 1. The number of aromatic nitrogens is 2. The number of nitrogen functional groups attached to an aromatic ring is 1. The van der Waals surface area contributed by atoms with Crippen molar-refractivity contribution in [3.63, 3.8) is 0 Å². The topological polar surface area (TPSA) is 186 Å². The average molecular weight is 696 g/mol. The van der Waals surface area contributed by atoms with Crippen LogP contribution in [0.1, 0.15) is 95.8 Å². The first kappa shape index (κ1) is 36.1. The van der Waals surface area contributed by atoms with Crippen molar-refractivity contribution in [2.24, 2.45) is 10.9 Å². The summed E-state index contributed by atoms with van der Waals surface area (Å²) in [6, 6.07) is 3.78. The summed E-state index contributed by atoms with van der Waals surface area (Å²) in [5.74, 6) is -0.225. The van der Waals surface area contributed by atoms with Gasteiger partial charge in [-0.25, -0.2) is 9.59 Å². The molecular formula is C34H49N9O5S. The second-order valence-electron chi connectivity index (χ2n) is 14.7. The molecule has 5 atom stereocenters. The molecule has 49 heavy (non-hydrogen) atoms. The molecule has 2 saturated heterocycles. The molecule has 15 heteroatoms. The molecule has 0 radical (unpaired) electrons. The van der Waals surface area contributed by atoms with Gasteiger partial charge in [0, 0.05) is 35.6 Å². The molecule has 2 aromatic heterocycles. The Morgan fingerprint density at radius 3 is 2.51 bits per heavy atom. The molecule has 3 aliphatic rings. The van der Waals surface area contributed by atoms with Crippen molar-refractivity contribution in [1.29, 1.82) is 5.26 Å². The normalized spacial score (nSPS) is 25.4. The number of rotatable bonds is 7. The Bertz CT molecular complexity index is 1640. The lowest BCUT2D eigenvalue weighted by Crippen LogP contribution is -2.59. The Balaban J connectivity index is 1.42. The number of carbonyl (C=O) groups is 2. The van der Waals surface area contributed by atoms with Crippen LogP contribution in [-0.2, 0) is 26.2 Å². The minimum atomic E-state index is -1.11. The molecule has 2 fully saturated rings. The van der Waals surface area contributed by atoms with Crippen molar-refractivity contribution >= 4 is 40.1 Å². The van der Waals surface area contributed by atoms with Gasteiger partial charge in [0.1, 0.15) is 34.3 Å². The minimum absolute atomic E-state index is 0.121. The van der Waals surface area contributed by atoms with E-state index in [2.05, 4.69) is 33.1 Å². The molecule has 0 spiro atoms. The van der Waals surface area contributed by atoms with Crippen molar-refractivity contribution in [2.45, 2.75) is 116 Å². The molecule has 266 valence electrons. The molecule has 2 aromatic rings. The zero-order valence-corrected chi connectivity index (χ0v) is 30.6. The molecule has 0 bridgehead atoms. The van der Waals surface area contributed by atoms with Gasteiger partial charge in [-0.05, 0) is 94.2 Å². The van der Waals surface area contributed by atoms with Gasteiger partial charge in [0.15, 0.2) is 5.84 Å². The van der Waals surface area contributed by atoms with E-state index in [1.807, 2.05) is 41.5 Å². The van der Waals surface area contributed by atoms with Crippen molar-refractivity contribution in [3.05, 3.63) is 27.8 Å². The predicted molar refractivity (Wildman–Crippen MR) is 188 cm³/mol. The predicted octanol–water partition coefficient (Wildman–Crippen LogP) is 4.15. The molecule has 1 amide bonds. The number of nitrogens with zero attached hydrogens (tertiary/aromatic N) is 7. The number of piperazine rings is 1. The monoisotopic (exact) mass is 695 g/mol. The number of hydrogen-bond acceptors (Lipinski definition) is 13. The van der Waals surface area contributed by atoms with E-state index in [1.165, 1.54) is 11.3 Å². The number of ether oxygens (including phenoxy) is 2. The zero-order chi connectivity index (χ0) is 35.8. The van der Waals surface area contributed by atoms with Gasteiger partial charge < -0.3 is 30.7 Å². The van der Waals surface area contributed by atoms with Crippen LogP contribution in [0.25, 0.3) is 0 Å². The van der Waals surface area contributed by atoms with E-state index < -0.39 is 17.0 Å². The van der Waals surface area contributed by atoms with E-state index in [0.29, 0.717) is 41.5 Å². The van der Waals surface area contributed by atoms with Gasteiger partial charge >= 0.3 is 18.1 Å². The van der Waals surface area contributed by atoms with Crippen LogP contribution in [0.2, 0.25) is 0 Å². The number of anilines is 2. The molecule has 0 unspecified atom stereocenters. The second kappa shape index (κ2) is 14.0. The summed E-state index contributed by atoms with van der Waals surface area (Å²) in [4.78, 5) is 48.5. The molecule has 2 aliphatic heterocycles. The van der Waals surface area contributed by atoms with Gasteiger partial charge in [0.05, 0.1) is 23.1 Å². The summed E-state index contributed by atoms with van der Waals surface area (Å²) in [5, 5.41) is 14.2. The maximum Gasteiger partial charge on any atom is 0.410 e. The lowest BCUT2D eigenvalue weighted by molar-refractivity contribution is -0.150. The molecule has 0 saturated carbocycles. The van der Waals surface area contributed by atoms with Crippen molar-refractivity contribution in [2.75, 3.05) is 37.3 Å². The summed E-state index contributed by atoms with van der Waals surface area (Å²) < 4.78 is 12.0. The van der Waals surface area contributed by atoms with Crippen molar-refractivity contribution in [1.82, 2.24) is 19.8 Å². The van der Waals surface area contributed by atoms with Crippen molar-refractivity contribution in [3.8, 4) is 12.1 Å². The maximum absolute atomic E-state index is 13.6. The molecule has 4 N–H and O–H groups in total. The Hall–Kier alpha value is -4.16. The van der Waals surface area contributed by atoms with E-state index in [0.717, 1.165) is 37.1 Å². The third kappa shape index (κ3) is 7.55. The van der Waals surface area contributed by atoms with Gasteiger partial charge in [0.25, 0.3) is 0 Å². The van der Waals surface area contributed by atoms with Gasteiger partial charge in [0.2, 0.25) is 0 Å². The molecule has 1 aliphatic carbocycles. The number of amides is 1. The molecule has 5 rings (SSSR count). The highest BCUT2D eigenvalue weighted by Crippen LogP contribution is 2.46. The van der Waals surface area contributed by atoms with Crippen LogP contribution in [0.3, 0.4) is 0 Å². The zero-order valence-electron chi connectivity index (χ0n) is 29.8. The lowest BCUT2D eigenvalue weighted by atomic mass is 9.72. The summed E-state index contributed by atoms with van der Waals surface area (Å²) >= 11 is 1.34. The largest absolute Gasteiger partial charge is 0.459 e. The number of hydrogen-bond donors (Lipinski definition) is 2. The van der Waals surface area contributed by atoms with Gasteiger partial charge in [-0.15, -0.1) is 11.3 Å². The molecule has 0 aromatic carbocycles. The van der Waals surface area contributed by atoms with Crippen LogP contribution in [0.5, 0.6) is 6.01 Å². The minimum Gasteiger partial charge on any atom is -0.459 e. The SMILES string of the molecule is C[C@H](Oc1nc(/C(N)=N/OC(=O)[C@@]2(C)CCCc3sc(N)c(C#N)c32)cc(N2C[C@H](C)N(C(=O)OC(C)(C)C)[C@@H](C)C2)n1)[C@@H]1CCCN1C. The van der Waals surface area contributed by atoms with Gasteiger partial charge in [-0.2, -0.15) is 15.2 Å². The highest BCUT2D eigenvalue weighted by Gasteiger charge is 2.45. The number of thiophene rings is 1. The van der Waals surface area contributed by atoms with Crippen LogP contribution in [-0.4, -0.2) is 94.2 Å². The number of carbonyl (C=O) groups excluding carboxylic acids is 2. The first-order chi connectivity index (χ1) is 23.0. The maximum atomic E-state index is 13.6. The van der Waals surface area contributed by atoms with E-state index in [9.17, 15) is 14.9 Å². The van der Waals surface area contributed by atoms with E-state index in [4.69, 9.17) is 30.8 Å². The Kier molecular flexibility index (Phi) is 10.3.